The van der Waals surface area contributed by atoms with Crippen LogP contribution in [-0.4, -0.2) is 16.1 Å². The van der Waals surface area contributed by atoms with Gasteiger partial charge in [-0.15, -0.1) is 0 Å². The second kappa shape index (κ2) is 4.38. The van der Waals surface area contributed by atoms with Gasteiger partial charge in [0, 0.05) is 18.5 Å². The molecule has 12 heavy (non-hydrogen) atoms. The lowest BCUT2D eigenvalue weighted by Crippen LogP contribution is -1.86. The highest BCUT2D eigenvalue weighted by Gasteiger charge is 1.90. The van der Waals surface area contributed by atoms with Crippen molar-refractivity contribution in [1.29, 1.82) is 0 Å². The highest BCUT2D eigenvalue weighted by atomic mass is 16.4. The van der Waals surface area contributed by atoms with Crippen LogP contribution in [-0.2, 0) is 11.2 Å². The number of aromatic nitrogens is 1. The molecule has 1 rings (SSSR count). The fourth-order valence-electron chi connectivity index (χ4n) is 0.948. The van der Waals surface area contributed by atoms with Crippen molar-refractivity contribution in [2.24, 2.45) is 0 Å². The maximum absolute atomic E-state index is 10.1. The van der Waals surface area contributed by atoms with Crippen LogP contribution in [0.1, 0.15) is 12.0 Å². The quantitative estimate of drug-likeness (QED) is 0.665. The number of nitrogens with one attached hydrogen (secondary N) is 1. The van der Waals surface area contributed by atoms with Gasteiger partial charge in [0.15, 0.2) is 0 Å². The van der Waals surface area contributed by atoms with Crippen LogP contribution in [0.25, 0.3) is 0 Å². The molecule has 0 aliphatic rings. The molecular formula is C9H11NO2. The Labute approximate surface area is 70.7 Å². The number of rotatable bonds is 4. The fourth-order valence-corrected chi connectivity index (χ4v) is 0.948. The molecule has 0 fully saturated rings. The Hall–Kier alpha value is -1.51. The van der Waals surface area contributed by atoms with E-state index >= 15 is 0 Å². The normalized spacial score (nSPS) is 10.7. The average molecular weight is 165 g/mol. The molecule has 0 saturated carbocycles. The van der Waals surface area contributed by atoms with Gasteiger partial charge in [-0.2, -0.15) is 0 Å². The van der Waals surface area contributed by atoms with Gasteiger partial charge >= 0.3 is 5.97 Å². The number of carboxylic acids is 1. The highest BCUT2D eigenvalue weighted by molar-refractivity contribution is 5.79. The molecule has 0 aromatic carbocycles. The minimum Gasteiger partial charge on any atom is -0.478 e. The molecule has 0 aliphatic carbocycles. The van der Waals surface area contributed by atoms with Crippen LogP contribution in [0.3, 0.4) is 0 Å². The van der Waals surface area contributed by atoms with E-state index in [1.165, 1.54) is 11.6 Å². The Balaban J connectivity index is 2.23. The molecule has 1 aromatic heterocycles. The molecule has 0 radical (unpaired) electrons. The van der Waals surface area contributed by atoms with E-state index in [1.54, 1.807) is 6.08 Å². The number of carbonyl (C=O) groups is 1. The molecule has 0 saturated heterocycles. The van der Waals surface area contributed by atoms with Crippen molar-refractivity contribution in [1.82, 2.24) is 4.98 Å². The summed E-state index contributed by atoms with van der Waals surface area (Å²) >= 11 is 0. The predicted molar refractivity (Wildman–Crippen MR) is 45.9 cm³/mol. The van der Waals surface area contributed by atoms with Gasteiger partial charge in [0.2, 0.25) is 0 Å². The lowest BCUT2D eigenvalue weighted by molar-refractivity contribution is -0.131. The lowest BCUT2D eigenvalue weighted by Gasteiger charge is -1.89. The monoisotopic (exact) mass is 165 g/mol. The molecule has 0 atom stereocenters. The van der Waals surface area contributed by atoms with Gasteiger partial charge in [-0.25, -0.2) is 4.79 Å². The molecule has 0 unspecified atom stereocenters. The topological polar surface area (TPSA) is 53.1 Å². The number of hydrogen-bond acceptors (Lipinski definition) is 1. The zero-order valence-electron chi connectivity index (χ0n) is 6.66. The van der Waals surface area contributed by atoms with Crippen LogP contribution >= 0.6 is 0 Å². The van der Waals surface area contributed by atoms with E-state index in [0.717, 1.165) is 12.8 Å². The molecule has 2 N–H and O–H groups in total. The summed E-state index contributed by atoms with van der Waals surface area (Å²) in [6, 6.07) is 1.98. The summed E-state index contributed by atoms with van der Waals surface area (Å²) in [5.41, 5.74) is 1.20. The van der Waals surface area contributed by atoms with Crippen LogP contribution in [0.2, 0.25) is 0 Å². The molecule has 0 spiro atoms. The molecule has 1 aromatic rings. The van der Waals surface area contributed by atoms with Gasteiger partial charge in [-0.1, -0.05) is 6.08 Å². The summed E-state index contributed by atoms with van der Waals surface area (Å²) in [6.07, 6.45) is 8.25. The standard InChI is InChI=1S/C9H11NO2/c11-9(12)4-2-1-3-8-5-6-10-7-8/h2,4-7,10H,1,3H2,(H,11,12)/b4-2+. The maximum Gasteiger partial charge on any atom is 0.327 e. The van der Waals surface area contributed by atoms with E-state index < -0.39 is 5.97 Å². The van der Waals surface area contributed by atoms with Crippen molar-refractivity contribution in [2.75, 3.05) is 0 Å². The molecule has 0 bridgehead atoms. The van der Waals surface area contributed by atoms with E-state index in [9.17, 15) is 4.79 Å². The van der Waals surface area contributed by atoms with Gasteiger partial charge in [0.1, 0.15) is 0 Å². The third-order valence-corrected chi connectivity index (χ3v) is 1.52. The summed E-state index contributed by atoms with van der Waals surface area (Å²) in [5.74, 6) is -0.885. The number of allylic oxidation sites excluding steroid dienone is 1. The minimum absolute atomic E-state index is 0.768. The SMILES string of the molecule is O=C(O)/C=C/CCc1cc[nH]c1. The van der Waals surface area contributed by atoms with E-state index in [4.69, 9.17) is 5.11 Å². The minimum atomic E-state index is -0.885. The summed E-state index contributed by atoms with van der Waals surface area (Å²) in [5, 5.41) is 8.28. The highest BCUT2D eigenvalue weighted by Crippen LogP contribution is 2.01. The van der Waals surface area contributed by atoms with Gasteiger partial charge < -0.3 is 10.1 Å². The zero-order chi connectivity index (χ0) is 8.81. The Morgan fingerprint density at radius 3 is 3.08 bits per heavy atom. The van der Waals surface area contributed by atoms with Crippen molar-refractivity contribution in [3.05, 3.63) is 36.2 Å². The molecule has 1 heterocycles. The van der Waals surface area contributed by atoms with Crippen LogP contribution in [0.5, 0.6) is 0 Å². The molecule has 0 aliphatic heterocycles. The molecule has 64 valence electrons. The number of aromatic amines is 1. The number of carboxylic acid groups (broad SMARTS) is 1. The van der Waals surface area contributed by atoms with Crippen LogP contribution in [0.4, 0.5) is 0 Å². The summed E-state index contributed by atoms with van der Waals surface area (Å²) < 4.78 is 0. The number of hydrogen-bond donors (Lipinski definition) is 2. The number of H-pyrrole nitrogens is 1. The number of aryl methyl sites for hydroxylation is 1. The summed E-state index contributed by atoms with van der Waals surface area (Å²) in [6.45, 7) is 0. The van der Waals surface area contributed by atoms with E-state index in [-0.39, 0.29) is 0 Å². The molecular weight excluding hydrogens is 154 g/mol. The molecule has 3 nitrogen and oxygen atoms in total. The summed E-state index contributed by atoms with van der Waals surface area (Å²) in [7, 11) is 0. The van der Waals surface area contributed by atoms with Crippen LogP contribution in [0, 0.1) is 0 Å². The van der Waals surface area contributed by atoms with Gasteiger partial charge in [-0.3, -0.25) is 0 Å². The zero-order valence-corrected chi connectivity index (χ0v) is 6.66. The van der Waals surface area contributed by atoms with Gasteiger partial charge in [-0.05, 0) is 24.5 Å². The lowest BCUT2D eigenvalue weighted by atomic mass is 10.2. The van der Waals surface area contributed by atoms with Crippen LogP contribution < -0.4 is 0 Å². The number of aliphatic carboxylic acids is 1. The van der Waals surface area contributed by atoms with Crippen molar-refractivity contribution in [3.8, 4) is 0 Å². The largest absolute Gasteiger partial charge is 0.478 e. The Bertz CT molecular complexity index is 262. The van der Waals surface area contributed by atoms with Crippen molar-refractivity contribution in [2.45, 2.75) is 12.8 Å². The molecule has 3 heteroatoms. The smallest absolute Gasteiger partial charge is 0.327 e. The third-order valence-electron chi connectivity index (χ3n) is 1.52. The van der Waals surface area contributed by atoms with Crippen LogP contribution in [0.15, 0.2) is 30.6 Å². The van der Waals surface area contributed by atoms with E-state index in [0.29, 0.717) is 0 Å². The third kappa shape index (κ3) is 3.05. The van der Waals surface area contributed by atoms with Gasteiger partial charge in [0.25, 0.3) is 0 Å². The Morgan fingerprint density at radius 2 is 2.50 bits per heavy atom. The fraction of sp³-hybridized carbons (Fsp3) is 0.222. The summed E-state index contributed by atoms with van der Waals surface area (Å²) in [4.78, 5) is 13.0. The average Bonchev–Trinajstić information content (AvgIpc) is 2.49. The Kier molecular flexibility index (Phi) is 3.14. The molecule has 0 amide bonds. The van der Waals surface area contributed by atoms with Crippen molar-refractivity contribution in [3.63, 3.8) is 0 Å². The predicted octanol–water partition coefficient (Wildman–Crippen LogP) is 1.59. The first-order valence-electron chi connectivity index (χ1n) is 3.80. The second-order valence-corrected chi connectivity index (χ2v) is 2.50. The first kappa shape index (κ1) is 8.59. The van der Waals surface area contributed by atoms with E-state index in [2.05, 4.69) is 4.98 Å². The van der Waals surface area contributed by atoms with Gasteiger partial charge in [0.05, 0.1) is 0 Å². The first-order valence-corrected chi connectivity index (χ1v) is 3.80. The Morgan fingerprint density at radius 1 is 1.67 bits per heavy atom. The van der Waals surface area contributed by atoms with E-state index in [1.807, 2.05) is 18.5 Å². The van der Waals surface area contributed by atoms with Crippen molar-refractivity contribution < 1.29 is 9.90 Å². The first-order chi connectivity index (χ1) is 5.79. The maximum atomic E-state index is 10.1. The van der Waals surface area contributed by atoms with Crippen molar-refractivity contribution >= 4 is 5.97 Å². The second-order valence-electron chi connectivity index (χ2n) is 2.50.